The summed E-state index contributed by atoms with van der Waals surface area (Å²) in [4.78, 5) is 0. The standard InChI is InChI=1S/C11H21Cl/c1-11(2)7-5-10(6-8-11)4-3-9-12/h10H,3-9H2,1-2H3. The van der Waals surface area contributed by atoms with Gasteiger partial charge in [0.25, 0.3) is 0 Å². The van der Waals surface area contributed by atoms with Crippen molar-refractivity contribution < 1.29 is 0 Å². The monoisotopic (exact) mass is 188 g/mol. The molecule has 0 aromatic carbocycles. The average Bonchev–Trinajstić information content (AvgIpc) is 2.03. The lowest BCUT2D eigenvalue weighted by atomic mass is 9.72. The molecule has 0 heterocycles. The minimum absolute atomic E-state index is 0.622. The fourth-order valence-corrected chi connectivity index (χ4v) is 2.27. The van der Waals surface area contributed by atoms with Crippen molar-refractivity contribution in [3.8, 4) is 0 Å². The van der Waals surface area contributed by atoms with Gasteiger partial charge in [0.05, 0.1) is 0 Å². The Morgan fingerprint density at radius 3 is 2.33 bits per heavy atom. The van der Waals surface area contributed by atoms with Gasteiger partial charge in [-0.25, -0.2) is 0 Å². The van der Waals surface area contributed by atoms with E-state index < -0.39 is 0 Å². The Hall–Kier alpha value is 0.290. The van der Waals surface area contributed by atoms with Gasteiger partial charge < -0.3 is 0 Å². The molecular weight excluding hydrogens is 168 g/mol. The highest BCUT2D eigenvalue weighted by Crippen LogP contribution is 2.39. The van der Waals surface area contributed by atoms with Crippen molar-refractivity contribution in [1.82, 2.24) is 0 Å². The zero-order valence-electron chi connectivity index (χ0n) is 8.41. The molecule has 0 aliphatic heterocycles. The second-order valence-electron chi connectivity index (χ2n) is 4.94. The van der Waals surface area contributed by atoms with E-state index in [-0.39, 0.29) is 0 Å². The van der Waals surface area contributed by atoms with E-state index >= 15 is 0 Å². The van der Waals surface area contributed by atoms with Gasteiger partial charge in [0.2, 0.25) is 0 Å². The van der Waals surface area contributed by atoms with E-state index in [9.17, 15) is 0 Å². The summed E-state index contributed by atoms with van der Waals surface area (Å²) in [5, 5.41) is 0. The van der Waals surface area contributed by atoms with Crippen molar-refractivity contribution in [1.29, 1.82) is 0 Å². The topological polar surface area (TPSA) is 0 Å². The van der Waals surface area contributed by atoms with E-state index in [1.54, 1.807) is 0 Å². The maximum atomic E-state index is 5.68. The van der Waals surface area contributed by atoms with Gasteiger partial charge in [-0.05, 0) is 49.9 Å². The number of hydrogen-bond acceptors (Lipinski definition) is 0. The summed E-state index contributed by atoms with van der Waals surface area (Å²) >= 11 is 5.68. The molecular formula is C11H21Cl. The summed E-state index contributed by atoms with van der Waals surface area (Å²) in [6, 6.07) is 0. The molecule has 1 aliphatic carbocycles. The first-order valence-electron chi connectivity index (χ1n) is 5.20. The van der Waals surface area contributed by atoms with Gasteiger partial charge in [-0.3, -0.25) is 0 Å². The summed E-state index contributed by atoms with van der Waals surface area (Å²) in [5.74, 6) is 1.83. The Morgan fingerprint density at radius 1 is 1.25 bits per heavy atom. The lowest BCUT2D eigenvalue weighted by molar-refractivity contribution is 0.185. The van der Waals surface area contributed by atoms with Crippen LogP contribution in [0.5, 0.6) is 0 Å². The summed E-state index contributed by atoms with van der Waals surface area (Å²) in [6.07, 6.45) is 8.28. The van der Waals surface area contributed by atoms with Crippen LogP contribution in [0.3, 0.4) is 0 Å². The Labute approximate surface area is 81.7 Å². The van der Waals surface area contributed by atoms with Crippen LogP contribution in [0, 0.1) is 11.3 Å². The van der Waals surface area contributed by atoms with E-state index in [1.165, 1.54) is 38.5 Å². The van der Waals surface area contributed by atoms with Crippen molar-refractivity contribution in [2.45, 2.75) is 52.4 Å². The van der Waals surface area contributed by atoms with Gasteiger partial charge in [-0.2, -0.15) is 0 Å². The molecule has 0 atom stereocenters. The average molecular weight is 189 g/mol. The van der Waals surface area contributed by atoms with Crippen LogP contribution >= 0.6 is 11.6 Å². The third-order valence-electron chi connectivity index (χ3n) is 3.20. The van der Waals surface area contributed by atoms with Crippen molar-refractivity contribution in [2.24, 2.45) is 11.3 Å². The zero-order valence-corrected chi connectivity index (χ0v) is 9.16. The van der Waals surface area contributed by atoms with E-state index in [2.05, 4.69) is 13.8 Å². The van der Waals surface area contributed by atoms with Crippen LogP contribution in [0.25, 0.3) is 0 Å². The molecule has 0 radical (unpaired) electrons. The zero-order chi connectivity index (χ0) is 9.03. The van der Waals surface area contributed by atoms with E-state index in [1.807, 2.05) is 0 Å². The van der Waals surface area contributed by atoms with Crippen molar-refractivity contribution in [2.75, 3.05) is 5.88 Å². The summed E-state index contributed by atoms with van der Waals surface area (Å²) in [6.45, 7) is 4.79. The van der Waals surface area contributed by atoms with Crippen LogP contribution < -0.4 is 0 Å². The minimum Gasteiger partial charge on any atom is -0.127 e. The van der Waals surface area contributed by atoms with Gasteiger partial charge in [0.1, 0.15) is 0 Å². The third kappa shape index (κ3) is 3.35. The molecule has 1 rings (SSSR count). The molecule has 0 bridgehead atoms. The molecule has 0 saturated heterocycles. The predicted octanol–water partition coefficient (Wildman–Crippen LogP) is 4.22. The van der Waals surface area contributed by atoms with Crippen LogP contribution in [-0.2, 0) is 0 Å². The van der Waals surface area contributed by atoms with E-state index in [4.69, 9.17) is 11.6 Å². The lowest BCUT2D eigenvalue weighted by Crippen LogP contribution is -2.21. The maximum Gasteiger partial charge on any atom is 0.0223 e. The highest BCUT2D eigenvalue weighted by atomic mass is 35.5. The van der Waals surface area contributed by atoms with Crippen molar-refractivity contribution in [3.63, 3.8) is 0 Å². The Bertz CT molecular complexity index is 119. The minimum atomic E-state index is 0.622. The van der Waals surface area contributed by atoms with Gasteiger partial charge in [-0.1, -0.05) is 13.8 Å². The highest BCUT2D eigenvalue weighted by molar-refractivity contribution is 6.17. The van der Waals surface area contributed by atoms with Crippen LogP contribution in [-0.4, -0.2) is 5.88 Å². The smallest absolute Gasteiger partial charge is 0.0223 e. The van der Waals surface area contributed by atoms with Crippen LogP contribution in [0.15, 0.2) is 0 Å². The van der Waals surface area contributed by atoms with E-state index in [0.717, 1.165) is 11.8 Å². The van der Waals surface area contributed by atoms with Crippen molar-refractivity contribution in [3.05, 3.63) is 0 Å². The molecule has 0 aromatic heterocycles. The molecule has 0 aromatic rings. The quantitative estimate of drug-likeness (QED) is 0.582. The summed E-state index contributed by atoms with van der Waals surface area (Å²) < 4.78 is 0. The normalized spacial score (nSPS) is 24.2. The first kappa shape index (κ1) is 10.4. The van der Waals surface area contributed by atoms with Gasteiger partial charge in [-0.15, -0.1) is 11.6 Å². The first-order chi connectivity index (χ1) is 5.64. The molecule has 0 amide bonds. The Morgan fingerprint density at radius 2 is 1.83 bits per heavy atom. The Kier molecular flexibility index (Phi) is 3.89. The second kappa shape index (κ2) is 4.50. The van der Waals surface area contributed by atoms with Crippen LogP contribution in [0.2, 0.25) is 0 Å². The highest BCUT2D eigenvalue weighted by Gasteiger charge is 2.25. The maximum absolute atomic E-state index is 5.68. The molecule has 1 aliphatic rings. The molecule has 0 unspecified atom stereocenters. The molecule has 1 saturated carbocycles. The number of hydrogen-bond donors (Lipinski definition) is 0. The number of halogens is 1. The fourth-order valence-electron chi connectivity index (χ4n) is 2.11. The van der Waals surface area contributed by atoms with Crippen LogP contribution in [0.1, 0.15) is 52.4 Å². The summed E-state index contributed by atoms with van der Waals surface area (Å²) in [5.41, 5.74) is 0.622. The first-order valence-corrected chi connectivity index (χ1v) is 5.73. The number of alkyl halides is 1. The van der Waals surface area contributed by atoms with Crippen LogP contribution in [0.4, 0.5) is 0 Å². The molecule has 1 heteroatoms. The molecule has 0 nitrogen and oxygen atoms in total. The lowest BCUT2D eigenvalue weighted by Gasteiger charge is -2.34. The molecule has 0 spiro atoms. The molecule has 72 valence electrons. The predicted molar refractivity (Wildman–Crippen MR) is 55.7 cm³/mol. The SMILES string of the molecule is CC1(C)CCC(CCCCl)CC1. The largest absolute Gasteiger partial charge is 0.127 e. The Balaban J connectivity index is 2.18. The van der Waals surface area contributed by atoms with Gasteiger partial charge in [0.15, 0.2) is 0 Å². The van der Waals surface area contributed by atoms with Gasteiger partial charge >= 0.3 is 0 Å². The van der Waals surface area contributed by atoms with Crippen molar-refractivity contribution >= 4 is 11.6 Å². The summed E-state index contributed by atoms with van der Waals surface area (Å²) in [7, 11) is 0. The van der Waals surface area contributed by atoms with Gasteiger partial charge in [0, 0.05) is 5.88 Å². The molecule has 12 heavy (non-hydrogen) atoms. The van der Waals surface area contributed by atoms with E-state index in [0.29, 0.717) is 5.41 Å². The third-order valence-corrected chi connectivity index (χ3v) is 3.47. The second-order valence-corrected chi connectivity index (χ2v) is 5.32. The molecule has 0 N–H and O–H groups in total. The fraction of sp³-hybridized carbons (Fsp3) is 1.00. The molecule has 1 fully saturated rings. The number of rotatable bonds is 3.